The number of nitrogens with one attached hydrogen (secondary N) is 1. The zero-order valence-corrected chi connectivity index (χ0v) is 16.1. The number of hydrogen-bond acceptors (Lipinski definition) is 3. The average Bonchev–Trinajstić information content (AvgIpc) is 2.43. The summed E-state index contributed by atoms with van der Waals surface area (Å²) in [6, 6.07) is 1.25. The zero-order valence-electron chi connectivity index (χ0n) is 16.1. The monoisotopic (exact) mass is 336 g/mol. The minimum Gasteiger partial charge on any atom is -0.444 e. The van der Waals surface area contributed by atoms with Crippen LogP contribution in [0.25, 0.3) is 0 Å². The van der Waals surface area contributed by atoms with Crippen LogP contribution in [0.1, 0.15) is 85.5 Å². The number of likely N-dealkylation sites (tertiary alicyclic amines) is 1. The summed E-state index contributed by atoms with van der Waals surface area (Å²) in [5.41, 5.74) is -0.339. The molecule has 0 aromatic heterocycles. The molecule has 4 heteroatoms. The molecule has 1 spiro atoms. The lowest BCUT2D eigenvalue weighted by molar-refractivity contribution is -0.0505. The minimum absolute atomic E-state index is 0.0680. The van der Waals surface area contributed by atoms with Gasteiger partial charge in [0.05, 0.1) is 0 Å². The van der Waals surface area contributed by atoms with Crippen LogP contribution in [0.3, 0.4) is 0 Å². The number of hydrogen-bond donors (Lipinski definition) is 1. The lowest BCUT2D eigenvalue weighted by Crippen LogP contribution is -2.64. The van der Waals surface area contributed by atoms with Gasteiger partial charge < -0.3 is 15.0 Å². The van der Waals surface area contributed by atoms with E-state index in [1.807, 2.05) is 20.8 Å². The molecule has 0 aromatic rings. The van der Waals surface area contributed by atoms with Gasteiger partial charge >= 0.3 is 6.09 Å². The molecule has 1 amide bonds. The van der Waals surface area contributed by atoms with Crippen molar-refractivity contribution in [3.63, 3.8) is 0 Å². The van der Waals surface area contributed by atoms with E-state index in [1.165, 1.54) is 32.1 Å². The number of piperidine rings is 1. The first-order valence-electron chi connectivity index (χ1n) is 10.0. The smallest absolute Gasteiger partial charge is 0.410 e. The standard InChI is InChI=1S/C20H36N2O2/c1-15-7-5-8-16(13-15)21-17-9-12-22(18(23)24-19(2,3)4)20(14-17)10-6-11-20/h15-17,21H,5-14H2,1-4H3. The molecule has 3 fully saturated rings. The van der Waals surface area contributed by atoms with Crippen LogP contribution in [0.15, 0.2) is 0 Å². The van der Waals surface area contributed by atoms with Gasteiger partial charge in [0.25, 0.3) is 0 Å². The summed E-state index contributed by atoms with van der Waals surface area (Å²) in [5.74, 6) is 0.857. The average molecular weight is 337 g/mol. The normalized spacial score (nSPS) is 33.2. The highest BCUT2D eigenvalue weighted by Crippen LogP contribution is 2.45. The van der Waals surface area contributed by atoms with E-state index in [1.54, 1.807) is 0 Å². The van der Waals surface area contributed by atoms with Gasteiger partial charge in [-0.3, -0.25) is 0 Å². The molecule has 0 aromatic carbocycles. The third-order valence-electron chi connectivity index (χ3n) is 6.21. The van der Waals surface area contributed by atoms with Crippen molar-refractivity contribution in [2.45, 2.75) is 109 Å². The predicted molar refractivity (Wildman–Crippen MR) is 97.1 cm³/mol. The molecule has 1 aliphatic heterocycles. The maximum atomic E-state index is 12.6. The lowest BCUT2D eigenvalue weighted by atomic mass is 9.68. The summed E-state index contributed by atoms with van der Waals surface area (Å²) in [6.45, 7) is 9.09. The Labute approximate surface area is 147 Å². The number of carbonyl (C=O) groups excluding carboxylic acids is 1. The number of ether oxygens (including phenoxy) is 1. The highest BCUT2D eigenvalue weighted by atomic mass is 16.6. The molecule has 1 N–H and O–H groups in total. The zero-order chi connectivity index (χ0) is 17.4. The van der Waals surface area contributed by atoms with Crippen LogP contribution < -0.4 is 5.32 Å². The van der Waals surface area contributed by atoms with Crippen molar-refractivity contribution >= 4 is 6.09 Å². The first kappa shape index (κ1) is 18.0. The predicted octanol–water partition coefficient (Wildman–Crippen LogP) is 4.48. The van der Waals surface area contributed by atoms with Crippen molar-refractivity contribution in [3.05, 3.63) is 0 Å². The summed E-state index contributed by atoms with van der Waals surface area (Å²) in [4.78, 5) is 14.7. The summed E-state index contributed by atoms with van der Waals surface area (Å²) >= 11 is 0. The SMILES string of the molecule is CC1CCCC(NC2CCN(C(=O)OC(C)(C)C)C3(CCC3)C2)C1. The Hall–Kier alpha value is -0.770. The molecule has 0 bridgehead atoms. The summed E-state index contributed by atoms with van der Waals surface area (Å²) in [6.07, 6.45) is 11.0. The molecule has 1 heterocycles. The van der Waals surface area contributed by atoms with Crippen LogP contribution >= 0.6 is 0 Å². The Bertz CT molecular complexity index is 453. The van der Waals surface area contributed by atoms with Gasteiger partial charge in [-0.25, -0.2) is 4.79 Å². The van der Waals surface area contributed by atoms with Crippen LogP contribution in [0.2, 0.25) is 0 Å². The molecule has 3 rings (SSSR count). The van der Waals surface area contributed by atoms with Gasteiger partial charge in [0.1, 0.15) is 5.60 Å². The number of amides is 1. The van der Waals surface area contributed by atoms with E-state index in [-0.39, 0.29) is 11.6 Å². The van der Waals surface area contributed by atoms with Crippen molar-refractivity contribution in [3.8, 4) is 0 Å². The van der Waals surface area contributed by atoms with Gasteiger partial charge in [0.2, 0.25) is 0 Å². The first-order valence-corrected chi connectivity index (χ1v) is 10.0. The molecule has 1 saturated heterocycles. The van der Waals surface area contributed by atoms with Crippen LogP contribution in [0.5, 0.6) is 0 Å². The number of nitrogens with zero attached hydrogens (tertiary/aromatic N) is 1. The molecule has 3 aliphatic rings. The van der Waals surface area contributed by atoms with E-state index < -0.39 is 5.60 Å². The first-order chi connectivity index (χ1) is 11.3. The number of carbonyl (C=O) groups is 1. The molecule has 2 saturated carbocycles. The summed E-state index contributed by atoms with van der Waals surface area (Å²) in [7, 11) is 0. The fourth-order valence-electron chi connectivity index (χ4n) is 4.91. The second-order valence-corrected chi connectivity index (χ2v) is 9.53. The highest BCUT2D eigenvalue weighted by molar-refractivity contribution is 5.69. The van der Waals surface area contributed by atoms with E-state index in [0.717, 1.165) is 38.1 Å². The second-order valence-electron chi connectivity index (χ2n) is 9.53. The van der Waals surface area contributed by atoms with Gasteiger partial charge in [-0.15, -0.1) is 0 Å². The molecule has 2 aliphatic carbocycles. The van der Waals surface area contributed by atoms with E-state index in [0.29, 0.717) is 12.1 Å². The quantitative estimate of drug-likeness (QED) is 0.808. The Kier molecular flexibility index (Phi) is 5.15. The Morgan fingerprint density at radius 1 is 1.12 bits per heavy atom. The molecular formula is C20H36N2O2. The summed E-state index contributed by atoms with van der Waals surface area (Å²) < 4.78 is 5.67. The molecule has 24 heavy (non-hydrogen) atoms. The van der Waals surface area contributed by atoms with Crippen molar-refractivity contribution in [1.29, 1.82) is 0 Å². The van der Waals surface area contributed by atoms with E-state index in [9.17, 15) is 4.79 Å². The van der Waals surface area contributed by atoms with Crippen LogP contribution in [0, 0.1) is 5.92 Å². The maximum Gasteiger partial charge on any atom is 0.410 e. The largest absolute Gasteiger partial charge is 0.444 e. The maximum absolute atomic E-state index is 12.6. The van der Waals surface area contributed by atoms with E-state index in [2.05, 4.69) is 17.1 Å². The Balaban J connectivity index is 1.59. The third-order valence-corrected chi connectivity index (χ3v) is 6.21. The number of rotatable bonds is 2. The topological polar surface area (TPSA) is 41.6 Å². The fourth-order valence-corrected chi connectivity index (χ4v) is 4.91. The van der Waals surface area contributed by atoms with E-state index in [4.69, 9.17) is 4.74 Å². The highest BCUT2D eigenvalue weighted by Gasteiger charge is 2.50. The van der Waals surface area contributed by atoms with Crippen molar-refractivity contribution in [2.75, 3.05) is 6.54 Å². The van der Waals surface area contributed by atoms with Crippen LogP contribution in [-0.4, -0.2) is 40.8 Å². The fraction of sp³-hybridized carbons (Fsp3) is 0.950. The van der Waals surface area contributed by atoms with Gasteiger partial charge in [0.15, 0.2) is 0 Å². The minimum atomic E-state index is -0.407. The summed E-state index contributed by atoms with van der Waals surface area (Å²) in [5, 5.41) is 3.94. The Morgan fingerprint density at radius 2 is 1.88 bits per heavy atom. The van der Waals surface area contributed by atoms with Crippen molar-refractivity contribution in [2.24, 2.45) is 5.92 Å². The van der Waals surface area contributed by atoms with Gasteiger partial charge in [-0.05, 0) is 71.6 Å². The third kappa shape index (κ3) is 4.07. The second kappa shape index (κ2) is 6.86. The molecule has 0 radical (unpaired) electrons. The Morgan fingerprint density at radius 3 is 2.46 bits per heavy atom. The van der Waals surface area contributed by atoms with Gasteiger partial charge in [-0.2, -0.15) is 0 Å². The van der Waals surface area contributed by atoms with Gasteiger partial charge in [-0.1, -0.05) is 19.8 Å². The van der Waals surface area contributed by atoms with Crippen molar-refractivity contribution < 1.29 is 9.53 Å². The molecule has 3 unspecified atom stereocenters. The van der Waals surface area contributed by atoms with Crippen LogP contribution in [0.4, 0.5) is 4.79 Å². The molecule has 4 nitrogen and oxygen atoms in total. The molecule has 138 valence electrons. The van der Waals surface area contributed by atoms with Crippen LogP contribution in [-0.2, 0) is 4.74 Å². The molecular weight excluding hydrogens is 300 g/mol. The van der Waals surface area contributed by atoms with E-state index >= 15 is 0 Å². The molecule has 3 atom stereocenters. The van der Waals surface area contributed by atoms with Crippen molar-refractivity contribution in [1.82, 2.24) is 10.2 Å². The lowest BCUT2D eigenvalue weighted by Gasteiger charge is -2.55. The van der Waals surface area contributed by atoms with Gasteiger partial charge in [0, 0.05) is 24.2 Å².